The minimum atomic E-state index is -0.233. The summed E-state index contributed by atoms with van der Waals surface area (Å²) >= 11 is 1.59. The van der Waals surface area contributed by atoms with Crippen molar-refractivity contribution < 1.29 is 14.3 Å². The maximum Gasteiger partial charge on any atom is 0.255 e. The molecule has 4 aromatic rings. The second-order valence-corrected chi connectivity index (χ2v) is 9.52. The molecule has 182 valence electrons. The van der Waals surface area contributed by atoms with Crippen molar-refractivity contribution in [2.75, 3.05) is 43.5 Å². The van der Waals surface area contributed by atoms with E-state index in [0.29, 0.717) is 30.2 Å². The molecule has 2 amide bonds. The maximum absolute atomic E-state index is 13.1. The van der Waals surface area contributed by atoms with Crippen LogP contribution in [0.3, 0.4) is 0 Å². The van der Waals surface area contributed by atoms with Crippen LogP contribution in [0.15, 0.2) is 90.3 Å². The molecule has 0 atom stereocenters. The average Bonchev–Trinajstić information content (AvgIpc) is 3.45. The quantitative estimate of drug-likeness (QED) is 0.348. The van der Waals surface area contributed by atoms with Crippen molar-refractivity contribution in [2.45, 2.75) is 0 Å². The number of amides is 2. The van der Waals surface area contributed by atoms with E-state index in [4.69, 9.17) is 4.74 Å². The summed E-state index contributed by atoms with van der Waals surface area (Å²) in [7, 11) is 0. The van der Waals surface area contributed by atoms with E-state index in [1.807, 2.05) is 66.0 Å². The van der Waals surface area contributed by atoms with Crippen LogP contribution in [0.2, 0.25) is 0 Å². The van der Waals surface area contributed by atoms with Crippen molar-refractivity contribution in [1.82, 2.24) is 4.90 Å². The predicted octanol–water partition coefficient (Wildman–Crippen LogP) is 5.61. The third-order valence-corrected chi connectivity index (χ3v) is 6.97. The molecule has 36 heavy (non-hydrogen) atoms. The molecule has 1 fully saturated rings. The molecule has 0 unspecified atom stereocenters. The molecule has 1 saturated heterocycles. The van der Waals surface area contributed by atoms with Crippen molar-refractivity contribution in [3.05, 3.63) is 95.9 Å². The van der Waals surface area contributed by atoms with Crippen LogP contribution in [0.25, 0.3) is 21.6 Å². The summed E-state index contributed by atoms with van der Waals surface area (Å²) in [4.78, 5) is 29.0. The smallest absolute Gasteiger partial charge is 0.255 e. The molecule has 3 aromatic carbocycles. The third kappa shape index (κ3) is 5.88. The molecule has 1 aromatic heterocycles. The highest BCUT2D eigenvalue weighted by atomic mass is 32.1. The molecule has 7 heteroatoms. The Morgan fingerprint density at radius 1 is 0.833 bits per heavy atom. The second-order valence-electron chi connectivity index (χ2n) is 8.57. The van der Waals surface area contributed by atoms with Crippen molar-refractivity contribution >= 4 is 34.5 Å². The minimum absolute atomic E-state index is 0.108. The van der Waals surface area contributed by atoms with Crippen LogP contribution in [-0.4, -0.2) is 49.6 Å². The number of carbonyl (C=O) groups is 2. The summed E-state index contributed by atoms with van der Waals surface area (Å²) in [6.07, 6.45) is 0. The second kappa shape index (κ2) is 11.3. The molecule has 2 N–H and O–H groups in total. The van der Waals surface area contributed by atoms with Gasteiger partial charge in [-0.1, -0.05) is 54.6 Å². The van der Waals surface area contributed by atoms with E-state index < -0.39 is 0 Å². The Kier molecular flexibility index (Phi) is 7.52. The van der Waals surface area contributed by atoms with E-state index in [9.17, 15) is 9.59 Å². The number of hydrogen-bond donors (Lipinski definition) is 2. The molecule has 2 heterocycles. The van der Waals surface area contributed by atoms with Gasteiger partial charge in [0.05, 0.1) is 25.4 Å². The van der Waals surface area contributed by atoms with Crippen LogP contribution in [0, 0.1) is 0 Å². The zero-order chi connectivity index (χ0) is 24.7. The molecule has 5 rings (SSSR count). The first kappa shape index (κ1) is 23.9. The van der Waals surface area contributed by atoms with Gasteiger partial charge < -0.3 is 15.4 Å². The van der Waals surface area contributed by atoms with Gasteiger partial charge in [-0.05, 0) is 46.8 Å². The standard InChI is InChI=1S/C29H27N3O3S/c33-28(20-32-14-16-35-17-15-32)31-26-19-23(10-13-25(26)27-7-4-18-36-27)29(34)30-24-11-8-22(9-12-24)21-5-2-1-3-6-21/h1-13,18-19H,14-17,20H2,(H,30,34)(H,31,33). The molecule has 0 spiro atoms. The Labute approximate surface area is 214 Å². The molecule has 6 nitrogen and oxygen atoms in total. The van der Waals surface area contributed by atoms with Crippen molar-refractivity contribution in [3.63, 3.8) is 0 Å². The van der Waals surface area contributed by atoms with Gasteiger partial charge in [0.2, 0.25) is 5.91 Å². The summed E-state index contributed by atoms with van der Waals surface area (Å²) < 4.78 is 5.37. The lowest BCUT2D eigenvalue weighted by Gasteiger charge is -2.26. The van der Waals surface area contributed by atoms with Gasteiger partial charge in [-0.15, -0.1) is 11.3 Å². The molecule has 0 radical (unpaired) electrons. The third-order valence-electron chi connectivity index (χ3n) is 6.06. The maximum atomic E-state index is 13.1. The number of nitrogens with zero attached hydrogens (tertiary/aromatic N) is 1. The lowest BCUT2D eigenvalue weighted by Crippen LogP contribution is -2.41. The normalized spacial score (nSPS) is 13.8. The lowest BCUT2D eigenvalue weighted by molar-refractivity contribution is -0.118. The number of ether oxygens (including phenoxy) is 1. The highest BCUT2D eigenvalue weighted by Gasteiger charge is 2.17. The van der Waals surface area contributed by atoms with Gasteiger partial charge >= 0.3 is 0 Å². The summed E-state index contributed by atoms with van der Waals surface area (Å²) in [5.74, 6) is -0.340. The van der Waals surface area contributed by atoms with Gasteiger partial charge in [0.15, 0.2) is 0 Å². The van der Waals surface area contributed by atoms with E-state index in [1.54, 1.807) is 23.5 Å². The monoisotopic (exact) mass is 497 g/mol. The number of thiophene rings is 1. The SMILES string of the molecule is O=C(CN1CCOCC1)Nc1cc(C(=O)Nc2ccc(-c3ccccc3)cc2)ccc1-c1cccs1. The molecule has 1 aliphatic rings. The van der Waals surface area contributed by atoms with Crippen LogP contribution in [-0.2, 0) is 9.53 Å². The Hall–Kier alpha value is -3.78. The molecular weight excluding hydrogens is 470 g/mol. The first-order valence-corrected chi connectivity index (χ1v) is 12.8. The van der Waals surface area contributed by atoms with Crippen LogP contribution in [0.1, 0.15) is 10.4 Å². The highest BCUT2D eigenvalue weighted by molar-refractivity contribution is 7.13. The summed E-state index contributed by atoms with van der Waals surface area (Å²) in [6.45, 7) is 3.02. The Morgan fingerprint density at radius 2 is 1.58 bits per heavy atom. The molecule has 0 aliphatic carbocycles. The van der Waals surface area contributed by atoms with Crippen molar-refractivity contribution in [1.29, 1.82) is 0 Å². The zero-order valence-electron chi connectivity index (χ0n) is 19.8. The van der Waals surface area contributed by atoms with Gasteiger partial charge in [0.1, 0.15) is 0 Å². The fourth-order valence-corrected chi connectivity index (χ4v) is 4.93. The number of hydrogen-bond acceptors (Lipinski definition) is 5. The number of benzene rings is 3. The molecule has 0 bridgehead atoms. The summed E-state index contributed by atoms with van der Waals surface area (Å²) in [5.41, 5.74) is 4.91. The van der Waals surface area contributed by atoms with Gasteiger partial charge in [0.25, 0.3) is 5.91 Å². The number of morpholine rings is 1. The largest absolute Gasteiger partial charge is 0.379 e. The predicted molar refractivity (Wildman–Crippen MR) is 145 cm³/mol. The van der Waals surface area contributed by atoms with E-state index in [-0.39, 0.29) is 18.4 Å². The highest BCUT2D eigenvalue weighted by Crippen LogP contribution is 2.33. The lowest BCUT2D eigenvalue weighted by atomic mass is 10.0. The topological polar surface area (TPSA) is 70.7 Å². The number of anilines is 2. The average molecular weight is 498 g/mol. The first-order valence-electron chi connectivity index (χ1n) is 11.9. The van der Waals surface area contributed by atoms with Gasteiger partial charge in [-0.3, -0.25) is 14.5 Å². The van der Waals surface area contributed by atoms with Gasteiger partial charge in [-0.25, -0.2) is 0 Å². The number of nitrogens with one attached hydrogen (secondary N) is 2. The summed E-state index contributed by atoms with van der Waals surface area (Å²) in [6, 6.07) is 27.3. The first-order chi connectivity index (χ1) is 17.7. The molecule has 1 aliphatic heterocycles. The van der Waals surface area contributed by atoms with E-state index in [0.717, 1.165) is 34.7 Å². The Morgan fingerprint density at radius 3 is 2.31 bits per heavy atom. The summed E-state index contributed by atoms with van der Waals surface area (Å²) in [5, 5.41) is 8.00. The number of rotatable bonds is 7. The Bertz CT molecular complexity index is 1320. The van der Waals surface area contributed by atoms with Gasteiger partial charge in [-0.2, -0.15) is 0 Å². The van der Waals surface area contributed by atoms with Crippen molar-refractivity contribution in [2.24, 2.45) is 0 Å². The van der Waals surface area contributed by atoms with E-state index in [2.05, 4.69) is 27.7 Å². The minimum Gasteiger partial charge on any atom is -0.379 e. The van der Waals surface area contributed by atoms with Gasteiger partial charge in [0, 0.05) is 34.8 Å². The van der Waals surface area contributed by atoms with E-state index in [1.165, 1.54) is 0 Å². The van der Waals surface area contributed by atoms with Crippen LogP contribution in [0.4, 0.5) is 11.4 Å². The molecule has 0 saturated carbocycles. The fraction of sp³-hybridized carbons (Fsp3) is 0.172. The fourth-order valence-electron chi connectivity index (χ4n) is 4.17. The van der Waals surface area contributed by atoms with Crippen LogP contribution in [0.5, 0.6) is 0 Å². The number of carbonyl (C=O) groups excluding carboxylic acids is 2. The Balaban J connectivity index is 1.32. The van der Waals surface area contributed by atoms with Crippen molar-refractivity contribution in [3.8, 4) is 21.6 Å². The molecular formula is C29H27N3O3S. The zero-order valence-corrected chi connectivity index (χ0v) is 20.6. The van der Waals surface area contributed by atoms with Crippen LogP contribution < -0.4 is 10.6 Å². The van der Waals surface area contributed by atoms with E-state index >= 15 is 0 Å². The van der Waals surface area contributed by atoms with Crippen LogP contribution >= 0.6 is 11.3 Å².